The molecule has 1 amide bonds. The third kappa shape index (κ3) is 42.4. The number of carbonyl (C=O) groups excluding carboxylic acids is 1. The van der Waals surface area contributed by atoms with Gasteiger partial charge in [0.1, 0.15) is 0 Å². The molecule has 0 atom stereocenters. The van der Waals surface area contributed by atoms with Crippen molar-refractivity contribution in [2.75, 3.05) is 0 Å². The van der Waals surface area contributed by atoms with Crippen molar-refractivity contribution in [2.45, 2.75) is 0 Å². The molecule has 0 saturated carbocycles. The number of hydrogen-bond acceptors (Lipinski definition) is 1. The molecule has 3 nitrogen and oxygen atoms in total. The fourth-order valence-electron chi connectivity index (χ4n) is 0. The lowest BCUT2D eigenvalue weighted by atomic mass is 10.6. The second-order valence-corrected chi connectivity index (χ2v) is 0.606. The van der Waals surface area contributed by atoms with Crippen molar-refractivity contribution in [3.8, 4) is 0 Å². The predicted octanol–water partition coefficient (Wildman–Crippen LogP) is -0.323. The molecule has 0 bridgehead atoms. The van der Waals surface area contributed by atoms with Gasteiger partial charge in [0.2, 0.25) is 5.91 Å². The topological polar surface area (TPSA) is 74.6 Å². The fraction of sp³-hybridized carbons (Fsp3) is 0. The Labute approximate surface area is 60.1 Å². The van der Waals surface area contributed by atoms with Crippen LogP contribution in [0, 0.1) is 0 Å². The van der Waals surface area contributed by atoms with E-state index in [1.165, 1.54) is 0 Å². The summed E-state index contributed by atoms with van der Waals surface area (Å²) < 4.78 is 0. The average Bonchev–Trinajstić information content (AvgIpc) is 1.38. The van der Waals surface area contributed by atoms with Crippen LogP contribution in [0.25, 0.3) is 0 Å². The van der Waals surface area contributed by atoms with Crippen molar-refractivity contribution in [3.63, 3.8) is 0 Å². The van der Waals surface area contributed by atoms with Crippen molar-refractivity contribution in [2.24, 2.45) is 5.73 Å². The average molecular weight is 162 g/mol. The Kier molecular flexibility index (Phi) is 49.8. The Hall–Kier alpha value is -0.250. The first-order valence-corrected chi connectivity index (χ1v) is 1.19. The number of rotatable bonds is 1. The van der Waals surface area contributed by atoms with Crippen LogP contribution in [0.4, 0.5) is 0 Å². The Balaban J connectivity index is -0.0000000267. The van der Waals surface area contributed by atoms with Crippen LogP contribution in [0.1, 0.15) is 0 Å². The Morgan fingerprint density at radius 2 is 1.62 bits per heavy atom. The van der Waals surface area contributed by atoms with Gasteiger partial charge in [-0.25, -0.2) is 0 Å². The zero-order valence-electron chi connectivity index (χ0n) is 4.09. The van der Waals surface area contributed by atoms with E-state index in [0.29, 0.717) is 0 Å². The Bertz CT molecular complexity index is 66.3. The van der Waals surface area contributed by atoms with Crippen LogP contribution in [-0.2, 0) is 4.79 Å². The van der Waals surface area contributed by atoms with Gasteiger partial charge in [0, 0.05) is 0 Å². The maximum absolute atomic E-state index is 9.47. The van der Waals surface area contributed by atoms with Gasteiger partial charge in [0.25, 0.3) is 0 Å². The van der Waals surface area contributed by atoms with Crippen LogP contribution in [0.3, 0.4) is 0 Å². The van der Waals surface area contributed by atoms with E-state index >= 15 is 0 Å². The zero-order chi connectivity index (χ0) is 4.28. The number of carbonyl (C=O) groups is 1. The SMILES string of the molecule is C=CC(N)=O.Cl.Cl.O. The summed E-state index contributed by atoms with van der Waals surface area (Å²) in [7, 11) is 0. The van der Waals surface area contributed by atoms with E-state index in [-0.39, 0.29) is 30.3 Å². The van der Waals surface area contributed by atoms with Gasteiger partial charge in [-0.1, -0.05) is 6.58 Å². The van der Waals surface area contributed by atoms with E-state index in [1.807, 2.05) is 0 Å². The molecular weight excluding hydrogens is 153 g/mol. The van der Waals surface area contributed by atoms with Gasteiger partial charge in [-0.2, -0.15) is 0 Å². The van der Waals surface area contributed by atoms with Gasteiger partial charge >= 0.3 is 0 Å². The summed E-state index contributed by atoms with van der Waals surface area (Å²) in [4.78, 5) is 9.47. The predicted molar refractivity (Wildman–Crippen MR) is 37.5 cm³/mol. The minimum absolute atomic E-state index is 0. The maximum Gasteiger partial charge on any atom is 0.240 e. The van der Waals surface area contributed by atoms with Crippen LogP contribution in [-0.4, -0.2) is 11.4 Å². The number of primary amides is 1. The first-order chi connectivity index (χ1) is 2.27. The van der Waals surface area contributed by atoms with E-state index in [9.17, 15) is 4.79 Å². The Morgan fingerprint density at radius 3 is 1.62 bits per heavy atom. The smallest absolute Gasteiger partial charge is 0.240 e. The molecule has 0 heterocycles. The lowest BCUT2D eigenvalue weighted by molar-refractivity contribution is -0.113. The summed E-state index contributed by atoms with van der Waals surface area (Å²) in [6, 6.07) is 0. The summed E-state index contributed by atoms with van der Waals surface area (Å²) in [5.41, 5.74) is 4.53. The Morgan fingerprint density at radius 1 is 1.50 bits per heavy atom. The summed E-state index contributed by atoms with van der Waals surface area (Å²) in [5.74, 6) is -0.481. The van der Waals surface area contributed by atoms with Crippen LogP contribution in [0.2, 0.25) is 0 Å². The van der Waals surface area contributed by atoms with Crippen LogP contribution in [0.15, 0.2) is 12.7 Å². The molecule has 52 valence electrons. The highest BCUT2D eigenvalue weighted by molar-refractivity contribution is 5.85. The zero-order valence-corrected chi connectivity index (χ0v) is 5.72. The highest BCUT2D eigenvalue weighted by Crippen LogP contribution is 1.48. The highest BCUT2D eigenvalue weighted by Gasteiger charge is 1.69. The third-order valence-corrected chi connectivity index (χ3v) is 0.201. The molecule has 0 aromatic carbocycles. The molecule has 8 heavy (non-hydrogen) atoms. The quantitative estimate of drug-likeness (QED) is 0.527. The molecule has 0 aliphatic rings. The van der Waals surface area contributed by atoms with Crippen molar-refractivity contribution in [1.29, 1.82) is 0 Å². The molecule has 0 unspecified atom stereocenters. The van der Waals surface area contributed by atoms with Crippen molar-refractivity contribution in [1.82, 2.24) is 0 Å². The van der Waals surface area contributed by atoms with Crippen molar-refractivity contribution < 1.29 is 10.3 Å². The van der Waals surface area contributed by atoms with Crippen LogP contribution < -0.4 is 5.73 Å². The summed E-state index contributed by atoms with van der Waals surface area (Å²) in [6.45, 7) is 3.09. The molecule has 0 rings (SSSR count). The fourth-order valence-corrected chi connectivity index (χ4v) is 0. The second-order valence-electron chi connectivity index (χ2n) is 0.606. The van der Waals surface area contributed by atoms with E-state index in [1.54, 1.807) is 0 Å². The number of nitrogens with two attached hydrogens (primary N) is 1. The molecule has 0 aliphatic carbocycles. The first-order valence-electron chi connectivity index (χ1n) is 1.19. The molecule has 0 fully saturated rings. The molecule has 0 aromatic rings. The van der Waals surface area contributed by atoms with Gasteiger partial charge in [-0.3, -0.25) is 4.79 Å². The van der Waals surface area contributed by atoms with Crippen LogP contribution in [0.5, 0.6) is 0 Å². The van der Waals surface area contributed by atoms with E-state index in [0.717, 1.165) is 6.08 Å². The van der Waals surface area contributed by atoms with Gasteiger partial charge in [0.15, 0.2) is 0 Å². The summed E-state index contributed by atoms with van der Waals surface area (Å²) in [6.07, 6.45) is 1.06. The maximum atomic E-state index is 9.47. The minimum Gasteiger partial charge on any atom is -0.412 e. The van der Waals surface area contributed by atoms with E-state index in [4.69, 9.17) is 0 Å². The third-order valence-electron chi connectivity index (χ3n) is 0.201. The van der Waals surface area contributed by atoms with Gasteiger partial charge < -0.3 is 11.2 Å². The standard InChI is InChI=1S/C3H5NO.2ClH.H2O/c1-2-3(4)5;;;/h2H,1H2,(H2,4,5);2*1H;1H2. The molecule has 5 heteroatoms. The normalized spacial score (nSPS) is 4.00. The van der Waals surface area contributed by atoms with E-state index in [2.05, 4.69) is 12.3 Å². The van der Waals surface area contributed by atoms with Crippen molar-refractivity contribution in [3.05, 3.63) is 12.7 Å². The molecule has 0 radical (unpaired) electrons. The number of hydrogen-bond donors (Lipinski definition) is 1. The summed E-state index contributed by atoms with van der Waals surface area (Å²) in [5, 5.41) is 0. The van der Waals surface area contributed by atoms with Gasteiger partial charge in [-0.15, -0.1) is 24.8 Å². The molecule has 4 N–H and O–H groups in total. The van der Waals surface area contributed by atoms with E-state index < -0.39 is 5.91 Å². The molecule has 0 aromatic heterocycles. The highest BCUT2D eigenvalue weighted by atomic mass is 35.5. The number of halogens is 2. The van der Waals surface area contributed by atoms with Crippen LogP contribution >= 0.6 is 24.8 Å². The molecule has 0 spiro atoms. The lowest BCUT2D eigenvalue weighted by Gasteiger charge is -1.65. The molecule has 0 aliphatic heterocycles. The first kappa shape index (κ1) is 25.1. The molecular formula is C3H9Cl2NO2. The van der Waals surface area contributed by atoms with Gasteiger partial charge in [-0.05, 0) is 6.08 Å². The van der Waals surface area contributed by atoms with Gasteiger partial charge in [0.05, 0.1) is 0 Å². The molecule has 0 saturated heterocycles. The summed E-state index contributed by atoms with van der Waals surface area (Å²) >= 11 is 0. The largest absolute Gasteiger partial charge is 0.412 e. The monoisotopic (exact) mass is 161 g/mol. The van der Waals surface area contributed by atoms with Crippen molar-refractivity contribution >= 4 is 30.7 Å². The lowest BCUT2D eigenvalue weighted by Crippen LogP contribution is -2.04. The second kappa shape index (κ2) is 15.9. The minimum atomic E-state index is -0.481. The number of amides is 1.